The van der Waals surface area contributed by atoms with E-state index in [1.54, 1.807) is 31.2 Å². The van der Waals surface area contributed by atoms with E-state index in [-0.39, 0.29) is 13.2 Å². The van der Waals surface area contributed by atoms with E-state index in [1.807, 2.05) is 65.6 Å². The van der Waals surface area contributed by atoms with Gasteiger partial charge in [-0.15, -0.1) is 0 Å². The molecule has 0 bridgehead atoms. The highest BCUT2D eigenvalue weighted by atomic mass is 16.5. The van der Waals surface area contributed by atoms with Gasteiger partial charge in [-0.2, -0.15) is 0 Å². The number of anilines is 1. The molecule has 0 fully saturated rings. The molecule has 0 radical (unpaired) electrons. The fourth-order valence-corrected chi connectivity index (χ4v) is 3.33. The quantitative estimate of drug-likeness (QED) is 0.435. The van der Waals surface area contributed by atoms with Gasteiger partial charge in [0.15, 0.2) is 6.61 Å². The molecular weight excluding hydrogens is 432 g/mol. The summed E-state index contributed by atoms with van der Waals surface area (Å²) in [7, 11) is 0. The summed E-state index contributed by atoms with van der Waals surface area (Å²) in [4.78, 5) is 38.4. The van der Waals surface area contributed by atoms with Crippen LogP contribution in [0.2, 0.25) is 0 Å². The summed E-state index contributed by atoms with van der Waals surface area (Å²) in [5.41, 5.74) is 3.04. The molecule has 0 aliphatic rings. The Morgan fingerprint density at radius 1 is 0.765 bits per heavy atom. The van der Waals surface area contributed by atoms with Gasteiger partial charge in [0.25, 0.3) is 5.91 Å². The topological polar surface area (TPSA) is 84.9 Å². The highest BCUT2D eigenvalue weighted by Crippen LogP contribution is 2.12. The molecule has 0 unspecified atom stereocenters. The Bertz CT molecular complexity index is 1030. The van der Waals surface area contributed by atoms with Gasteiger partial charge >= 0.3 is 11.9 Å². The summed E-state index contributed by atoms with van der Waals surface area (Å²) in [6.07, 6.45) is 0. The van der Waals surface area contributed by atoms with Crippen LogP contribution in [0.15, 0.2) is 84.9 Å². The summed E-state index contributed by atoms with van der Waals surface area (Å²) < 4.78 is 10.1. The number of carbonyl (C=O) groups is 3. The molecule has 0 spiro atoms. The maximum absolute atomic E-state index is 12.5. The predicted octanol–water partition coefficient (Wildman–Crippen LogP) is 4.05. The summed E-state index contributed by atoms with van der Waals surface area (Å²) >= 11 is 0. The van der Waals surface area contributed by atoms with Crippen LogP contribution in [0.3, 0.4) is 0 Å². The van der Waals surface area contributed by atoms with Gasteiger partial charge in [-0.3, -0.25) is 14.5 Å². The first-order valence-electron chi connectivity index (χ1n) is 11.1. The number of esters is 2. The van der Waals surface area contributed by atoms with E-state index in [2.05, 4.69) is 5.32 Å². The predicted molar refractivity (Wildman–Crippen MR) is 129 cm³/mol. The van der Waals surface area contributed by atoms with Gasteiger partial charge in [-0.1, -0.05) is 60.7 Å². The van der Waals surface area contributed by atoms with E-state index in [1.165, 1.54) is 0 Å². The first-order chi connectivity index (χ1) is 16.5. The molecule has 0 aliphatic carbocycles. The molecule has 1 amide bonds. The number of amides is 1. The van der Waals surface area contributed by atoms with Crippen molar-refractivity contribution in [3.05, 3.63) is 102 Å². The van der Waals surface area contributed by atoms with Gasteiger partial charge < -0.3 is 14.8 Å². The largest absolute Gasteiger partial charge is 0.462 e. The first-order valence-corrected chi connectivity index (χ1v) is 11.1. The van der Waals surface area contributed by atoms with Crippen LogP contribution in [-0.4, -0.2) is 42.5 Å². The minimum absolute atomic E-state index is 0.0469. The third-order valence-corrected chi connectivity index (χ3v) is 4.89. The van der Waals surface area contributed by atoms with E-state index in [4.69, 9.17) is 9.47 Å². The summed E-state index contributed by atoms with van der Waals surface area (Å²) in [6.45, 7) is 2.81. The average molecular weight is 461 g/mol. The molecule has 0 aromatic heterocycles. The summed E-state index contributed by atoms with van der Waals surface area (Å²) in [5.74, 6) is -1.38. The van der Waals surface area contributed by atoms with Crippen molar-refractivity contribution in [2.75, 3.05) is 25.1 Å². The van der Waals surface area contributed by atoms with Gasteiger partial charge in [-0.25, -0.2) is 4.79 Å². The Morgan fingerprint density at radius 2 is 1.32 bits per heavy atom. The molecule has 7 nitrogen and oxygen atoms in total. The van der Waals surface area contributed by atoms with Crippen molar-refractivity contribution in [2.24, 2.45) is 0 Å². The number of carbonyl (C=O) groups excluding carboxylic acids is 3. The zero-order valence-electron chi connectivity index (χ0n) is 19.1. The lowest BCUT2D eigenvalue weighted by atomic mass is 10.1. The average Bonchev–Trinajstić information content (AvgIpc) is 2.84. The second-order valence-electron chi connectivity index (χ2n) is 7.62. The number of benzene rings is 3. The van der Waals surface area contributed by atoms with Gasteiger partial charge in [0.1, 0.15) is 0 Å². The number of rotatable bonds is 11. The minimum Gasteiger partial charge on any atom is -0.462 e. The molecule has 0 heterocycles. The molecule has 176 valence electrons. The zero-order chi connectivity index (χ0) is 24.2. The standard InChI is InChI=1S/C27H28N2O5/c1-2-33-27(32)23-13-15-24(16-14-23)28-25(30)20-34-26(31)19-29(17-21-9-5-3-6-10-21)18-22-11-7-4-8-12-22/h3-16H,2,17-20H2,1H3,(H,28,30). The Hall–Kier alpha value is -3.97. The first kappa shape index (κ1) is 24.7. The molecule has 0 atom stereocenters. The van der Waals surface area contributed by atoms with E-state index in [9.17, 15) is 14.4 Å². The Kier molecular flexibility index (Phi) is 9.37. The Balaban J connectivity index is 1.51. The Labute approximate surface area is 199 Å². The van der Waals surface area contributed by atoms with Crippen molar-refractivity contribution < 1.29 is 23.9 Å². The highest BCUT2D eigenvalue weighted by molar-refractivity contribution is 5.94. The molecule has 7 heteroatoms. The molecule has 0 saturated heterocycles. The van der Waals surface area contributed by atoms with Gasteiger partial charge in [-0.05, 0) is 42.3 Å². The van der Waals surface area contributed by atoms with Crippen molar-refractivity contribution in [1.29, 1.82) is 0 Å². The van der Waals surface area contributed by atoms with Crippen molar-refractivity contribution in [3.8, 4) is 0 Å². The number of nitrogens with one attached hydrogen (secondary N) is 1. The van der Waals surface area contributed by atoms with Crippen molar-refractivity contribution >= 4 is 23.5 Å². The van der Waals surface area contributed by atoms with Crippen LogP contribution < -0.4 is 5.32 Å². The minimum atomic E-state index is -0.486. The third kappa shape index (κ3) is 8.18. The number of nitrogens with zero attached hydrogens (tertiary/aromatic N) is 1. The van der Waals surface area contributed by atoms with Crippen molar-refractivity contribution in [3.63, 3.8) is 0 Å². The maximum atomic E-state index is 12.5. The summed E-state index contributed by atoms with van der Waals surface area (Å²) in [5, 5.41) is 2.65. The van der Waals surface area contributed by atoms with Crippen LogP contribution >= 0.6 is 0 Å². The van der Waals surface area contributed by atoms with E-state index >= 15 is 0 Å². The fourth-order valence-electron chi connectivity index (χ4n) is 3.33. The molecular formula is C27H28N2O5. The lowest BCUT2D eigenvalue weighted by Gasteiger charge is -2.21. The van der Waals surface area contributed by atoms with Gasteiger partial charge in [0.2, 0.25) is 0 Å². The van der Waals surface area contributed by atoms with Crippen LogP contribution in [0.25, 0.3) is 0 Å². The van der Waals surface area contributed by atoms with Crippen LogP contribution in [-0.2, 0) is 32.2 Å². The summed E-state index contributed by atoms with van der Waals surface area (Å²) in [6, 6.07) is 26.0. The second kappa shape index (κ2) is 12.9. The number of ether oxygens (including phenoxy) is 2. The lowest BCUT2D eigenvalue weighted by Crippen LogP contribution is -2.32. The molecule has 34 heavy (non-hydrogen) atoms. The molecule has 0 saturated carbocycles. The number of hydrogen-bond donors (Lipinski definition) is 1. The van der Waals surface area contributed by atoms with Crippen molar-refractivity contribution in [1.82, 2.24) is 4.90 Å². The van der Waals surface area contributed by atoms with Gasteiger partial charge in [0, 0.05) is 18.8 Å². The van der Waals surface area contributed by atoms with Crippen molar-refractivity contribution in [2.45, 2.75) is 20.0 Å². The molecule has 0 aliphatic heterocycles. The maximum Gasteiger partial charge on any atom is 0.338 e. The molecule has 3 aromatic rings. The molecule has 3 aromatic carbocycles. The van der Waals surface area contributed by atoms with E-state index < -0.39 is 24.5 Å². The normalized spacial score (nSPS) is 10.5. The monoisotopic (exact) mass is 460 g/mol. The van der Waals surface area contributed by atoms with E-state index in [0.717, 1.165) is 11.1 Å². The van der Waals surface area contributed by atoms with Crippen LogP contribution in [0.1, 0.15) is 28.4 Å². The zero-order valence-corrected chi connectivity index (χ0v) is 19.1. The van der Waals surface area contributed by atoms with Crippen LogP contribution in [0.4, 0.5) is 5.69 Å². The highest BCUT2D eigenvalue weighted by Gasteiger charge is 2.15. The van der Waals surface area contributed by atoms with Crippen LogP contribution in [0, 0.1) is 0 Å². The number of hydrogen-bond acceptors (Lipinski definition) is 6. The smallest absolute Gasteiger partial charge is 0.338 e. The van der Waals surface area contributed by atoms with Gasteiger partial charge in [0.05, 0.1) is 18.7 Å². The van der Waals surface area contributed by atoms with Crippen LogP contribution in [0.5, 0.6) is 0 Å². The third-order valence-electron chi connectivity index (χ3n) is 4.89. The second-order valence-corrected chi connectivity index (χ2v) is 7.62. The lowest BCUT2D eigenvalue weighted by molar-refractivity contribution is -0.148. The fraction of sp³-hybridized carbons (Fsp3) is 0.222. The molecule has 3 rings (SSSR count). The molecule has 1 N–H and O–H groups in total. The Morgan fingerprint density at radius 3 is 1.85 bits per heavy atom. The SMILES string of the molecule is CCOC(=O)c1ccc(NC(=O)COC(=O)CN(Cc2ccccc2)Cc2ccccc2)cc1. The van der Waals surface area contributed by atoms with E-state index in [0.29, 0.717) is 24.3 Å².